The molecule has 0 saturated heterocycles. The van der Waals surface area contributed by atoms with Crippen molar-refractivity contribution in [3.8, 4) is 22.9 Å². The van der Waals surface area contributed by atoms with Crippen LogP contribution < -0.4 is 0 Å². The van der Waals surface area contributed by atoms with E-state index in [0.29, 0.717) is 40.4 Å². The van der Waals surface area contributed by atoms with Crippen molar-refractivity contribution in [2.24, 2.45) is 15.4 Å². The minimum atomic E-state index is -0.667. The zero-order valence-corrected chi connectivity index (χ0v) is 13.4. The van der Waals surface area contributed by atoms with Gasteiger partial charge in [-0.05, 0) is 29.5 Å². The van der Waals surface area contributed by atoms with Gasteiger partial charge in [0.25, 0.3) is 0 Å². The summed E-state index contributed by atoms with van der Waals surface area (Å²) in [6.45, 7) is 0.496. The number of nitrogens with one attached hydrogen (secondary N) is 1. The van der Waals surface area contributed by atoms with Gasteiger partial charge in [0.15, 0.2) is 11.6 Å². The Morgan fingerprint density at radius 3 is 2.68 bits per heavy atom. The average molecular weight is 360 g/mol. The summed E-state index contributed by atoms with van der Waals surface area (Å²) in [7, 11) is 0. The highest BCUT2D eigenvalue weighted by Gasteiger charge is 2.14. The number of aromatic nitrogens is 3. The Hall–Kier alpha value is -2.88. The van der Waals surface area contributed by atoms with E-state index in [0.717, 1.165) is 11.8 Å². The second-order valence-corrected chi connectivity index (χ2v) is 6.07. The van der Waals surface area contributed by atoms with Crippen LogP contribution in [0.5, 0.6) is 0 Å². The average Bonchev–Trinajstić information content (AvgIpc) is 3.32. The van der Waals surface area contributed by atoms with Crippen LogP contribution in [0.3, 0.4) is 0 Å². The van der Waals surface area contributed by atoms with Crippen molar-refractivity contribution < 1.29 is 13.2 Å². The number of H-pyrrole nitrogens is 1. The number of aromatic amines is 1. The molecule has 0 spiro atoms. The molecule has 0 atom stereocenters. The minimum Gasteiger partial charge on any atom is -0.453 e. The van der Waals surface area contributed by atoms with Gasteiger partial charge in [0.1, 0.15) is 23.9 Å². The minimum absolute atomic E-state index is 0.310. The number of rotatable bonds is 5. The third-order valence-corrected chi connectivity index (χ3v) is 4.24. The second-order valence-electron chi connectivity index (χ2n) is 5.13. The molecule has 0 fully saturated rings. The summed E-state index contributed by atoms with van der Waals surface area (Å²) in [5, 5.41) is 18.6. The molecule has 3 heterocycles. The summed E-state index contributed by atoms with van der Waals surface area (Å²) in [4.78, 5) is 4.32. The number of benzene rings is 1. The molecule has 10 heteroatoms. The van der Waals surface area contributed by atoms with Crippen LogP contribution in [-0.2, 0) is 0 Å². The Balaban J connectivity index is 1.50. The molecule has 3 aromatic rings. The van der Waals surface area contributed by atoms with E-state index >= 15 is 0 Å². The Morgan fingerprint density at radius 2 is 1.92 bits per heavy atom. The van der Waals surface area contributed by atoms with E-state index in [1.54, 1.807) is 12.1 Å². The van der Waals surface area contributed by atoms with Crippen LogP contribution in [-0.4, -0.2) is 33.2 Å². The Labute approximate surface area is 144 Å². The van der Waals surface area contributed by atoms with Crippen molar-refractivity contribution in [1.29, 1.82) is 0 Å². The molecule has 1 aromatic carbocycles. The molecule has 2 aromatic heterocycles. The van der Waals surface area contributed by atoms with Gasteiger partial charge < -0.3 is 4.42 Å². The van der Waals surface area contributed by atoms with Crippen molar-refractivity contribution in [2.45, 2.75) is 5.16 Å². The van der Waals surface area contributed by atoms with Crippen LogP contribution in [0.15, 0.2) is 55.3 Å². The van der Waals surface area contributed by atoms with Gasteiger partial charge in [-0.2, -0.15) is 10.1 Å². The molecule has 0 aliphatic carbocycles. The topological polar surface area (TPSA) is 91.8 Å². The summed E-state index contributed by atoms with van der Waals surface area (Å²) >= 11 is 1.40. The van der Waals surface area contributed by atoms with Crippen LogP contribution in [0.2, 0.25) is 0 Å². The third kappa shape index (κ3) is 3.48. The number of halogens is 2. The van der Waals surface area contributed by atoms with Gasteiger partial charge in [-0.15, -0.1) is 10.2 Å². The SMILES string of the molecule is Fc1cc(F)cc(-c2ccc(-c3nc(SCC4=NN=NC4)n[nH]3)o2)c1. The molecule has 1 N–H and O–H groups in total. The van der Waals surface area contributed by atoms with Gasteiger partial charge in [0, 0.05) is 17.4 Å². The van der Waals surface area contributed by atoms with E-state index in [9.17, 15) is 8.78 Å². The highest BCUT2D eigenvalue weighted by atomic mass is 32.2. The Morgan fingerprint density at radius 1 is 1.12 bits per heavy atom. The molecule has 0 unspecified atom stereocenters. The fraction of sp³-hybridized carbons (Fsp3) is 0.133. The Bertz CT molecular complexity index is 960. The standard InChI is InChI=1S/C15H10F2N6OS/c16-9-3-8(4-10(17)5-9)12-1-2-13(24-12)14-19-15(22-21-14)25-7-11-6-18-23-20-11/h1-5H,6-7H2,(H,19,21,22). The first kappa shape index (κ1) is 15.6. The summed E-state index contributed by atoms with van der Waals surface area (Å²) in [5.74, 6) is 0.438. The highest BCUT2D eigenvalue weighted by molar-refractivity contribution is 7.99. The normalized spacial score (nSPS) is 13.4. The predicted molar refractivity (Wildman–Crippen MR) is 87.3 cm³/mol. The molecule has 0 radical (unpaired) electrons. The molecule has 0 saturated carbocycles. The fourth-order valence-electron chi connectivity index (χ4n) is 2.20. The first-order chi connectivity index (χ1) is 12.2. The summed E-state index contributed by atoms with van der Waals surface area (Å²) in [5.41, 5.74) is 1.16. The maximum atomic E-state index is 13.3. The molecule has 7 nitrogen and oxygen atoms in total. The van der Waals surface area contributed by atoms with Gasteiger partial charge in [-0.25, -0.2) is 8.78 Å². The lowest BCUT2D eigenvalue weighted by Crippen LogP contribution is -2.02. The molecule has 0 bridgehead atoms. The van der Waals surface area contributed by atoms with Crippen LogP contribution in [0, 0.1) is 11.6 Å². The maximum absolute atomic E-state index is 13.3. The number of hydrogen-bond donors (Lipinski definition) is 1. The number of furan rings is 1. The smallest absolute Gasteiger partial charge is 0.209 e. The van der Waals surface area contributed by atoms with Gasteiger partial charge in [-0.1, -0.05) is 11.8 Å². The summed E-state index contributed by atoms with van der Waals surface area (Å²) < 4.78 is 32.3. The van der Waals surface area contributed by atoms with Gasteiger partial charge in [0.2, 0.25) is 5.16 Å². The van der Waals surface area contributed by atoms with Gasteiger partial charge in [-0.3, -0.25) is 5.10 Å². The number of nitrogens with zero attached hydrogens (tertiary/aromatic N) is 5. The van der Waals surface area contributed by atoms with Gasteiger partial charge in [0.05, 0.1) is 5.71 Å². The third-order valence-electron chi connectivity index (χ3n) is 3.32. The number of hydrogen-bond acceptors (Lipinski definition) is 7. The first-order valence-corrected chi connectivity index (χ1v) is 8.20. The molecule has 25 heavy (non-hydrogen) atoms. The van der Waals surface area contributed by atoms with Crippen molar-refractivity contribution in [3.05, 3.63) is 42.0 Å². The van der Waals surface area contributed by atoms with E-state index in [4.69, 9.17) is 4.42 Å². The van der Waals surface area contributed by atoms with Crippen molar-refractivity contribution >= 4 is 17.5 Å². The molecule has 1 aliphatic heterocycles. The van der Waals surface area contributed by atoms with E-state index in [2.05, 4.69) is 30.6 Å². The number of thioether (sulfide) groups is 1. The molecule has 0 amide bonds. The monoisotopic (exact) mass is 360 g/mol. The van der Waals surface area contributed by atoms with E-state index in [1.807, 2.05) is 0 Å². The molecular formula is C15H10F2N6OS. The summed E-state index contributed by atoms with van der Waals surface area (Å²) in [6, 6.07) is 6.49. The zero-order chi connectivity index (χ0) is 17.2. The van der Waals surface area contributed by atoms with Crippen molar-refractivity contribution in [1.82, 2.24) is 15.2 Å². The Kier molecular flexibility index (Phi) is 4.10. The van der Waals surface area contributed by atoms with Gasteiger partial charge >= 0.3 is 0 Å². The van der Waals surface area contributed by atoms with E-state index in [1.165, 1.54) is 23.9 Å². The first-order valence-electron chi connectivity index (χ1n) is 7.21. The van der Waals surface area contributed by atoms with E-state index in [-0.39, 0.29) is 0 Å². The lowest BCUT2D eigenvalue weighted by Gasteiger charge is -1.98. The fourth-order valence-corrected chi connectivity index (χ4v) is 2.91. The van der Waals surface area contributed by atoms with Crippen LogP contribution >= 0.6 is 11.8 Å². The van der Waals surface area contributed by atoms with Crippen LogP contribution in [0.1, 0.15) is 0 Å². The molecule has 1 aliphatic rings. The zero-order valence-electron chi connectivity index (χ0n) is 12.6. The van der Waals surface area contributed by atoms with Crippen LogP contribution in [0.25, 0.3) is 22.9 Å². The molecule has 126 valence electrons. The van der Waals surface area contributed by atoms with Crippen LogP contribution in [0.4, 0.5) is 8.78 Å². The molecular weight excluding hydrogens is 350 g/mol. The lowest BCUT2D eigenvalue weighted by molar-refractivity contribution is 0.573. The molecule has 4 rings (SSSR count). The van der Waals surface area contributed by atoms with E-state index < -0.39 is 11.6 Å². The van der Waals surface area contributed by atoms with Crippen molar-refractivity contribution in [2.75, 3.05) is 12.3 Å². The second kappa shape index (κ2) is 6.55. The quantitative estimate of drug-likeness (QED) is 0.698. The largest absolute Gasteiger partial charge is 0.453 e. The highest BCUT2D eigenvalue weighted by Crippen LogP contribution is 2.28. The van der Waals surface area contributed by atoms with Crippen molar-refractivity contribution in [3.63, 3.8) is 0 Å². The lowest BCUT2D eigenvalue weighted by atomic mass is 10.1. The summed E-state index contributed by atoms with van der Waals surface area (Å²) in [6.07, 6.45) is 0. The maximum Gasteiger partial charge on any atom is 0.209 e. The predicted octanol–water partition coefficient (Wildman–Crippen LogP) is 3.92.